The molecule has 35 heavy (non-hydrogen) atoms. The van der Waals surface area contributed by atoms with Gasteiger partial charge in [-0.05, 0) is 89.1 Å². The van der Waals surface area contributed by atoms with Crippen LogP contribution in [0.3, 0.4) is 0 Å². The summed E-state index contributed by atoms with van der Waals surface area (Å²) in [6.07, 6.45) is 7.57. The number of esters is 1. The third-order valence-corrected chi connectivity index (χ3v) is 6.41. The van der Waals surface area contributed by atoms with Crippen molar-refractivity contribution >= 4 is 21.9 Å². The lowest BCUT2D eigenvalue weighted by molar-refractivity contribution is -0.145. The summed E-state index contributed by atoms with van der Waals surface area (Å²) in [5.74, 6) is -1.51. The quantitative estimate of drug-likeness (QED) is 0.221. The minimum atomic E-state index is -2.99. The van der Waals surface area contributed by atoms with E-state index in [4.69, 9.17) is 14.2 Å². The van der Waals surface area contributed by atoms with Gasteiger partial charge >= 0.3 is 12.6 Å². The summed E-state index contributed by atoms with van der Waals surface area (Å²) in [6.45, 7) is -1.03. The van der Waals surface area contributed by atoms with Gasteiger partial charge in [0.25, 0.3) is 0 Å². The van der Waals surface area contributed by atoms with Crippen molar-refractivity contribution in [2.24, 2.45) is 0 Å². The number of hydrogen-bond acceptors (Lipinski definition) is 6. The first-order chi connectivity index (χ1) is 17.0. The third-order valence-electron chi connectivity index (χ3n) is 5.94. The van der Waals surface area contributed by atoms with Crippen molar-refractivity contribution in [3.05, 3.63) is 82.3 Å². The molecule has 4 rings (SSSR count). The maximum atomic E-state index is 13.3. The van der Waals surface area contributed by atoms with E-state index >= 15 is 0 Å². The number of nitrogens with zero attached hydrogens (tertiary/aromatic N) is 2. The summed E-state index contributed by atoms with van der Waals surface area (Å²) in [4.78, 5) is 21.7. The van der Waals surface area contributed by atoms with Crippen LogP contribution in [0.5, 0.6) is 11.5 Å². The highest BCUT2D eigenvalue weighted by molar-refractivity contribution is 9.10. The van der Waals surface area contributed by atoms with Gasteiger partial charge in [-0.25, -0.2) is 4.98 Å². The number of benzene rings is 1. The van der Waals surface area contributed by atoms with Gasteiger partial charge in [-0.2, -0.15) is 8.78 Å². The molecule has 184 valence electrons. The van der Waals surface area contributed by atoms with Crippen LogP contribution in [-0.4, -0.2) is 35.3 Å². The Kier molecular flexibility index (Phi) is 8.28. The molecule has 0 radical (unpaired) electrons. The van der Waals surface area contributed by atoms with Gasteiger partial charge in [0.1, 0.15) is 4.60 Å². The van der Waals surface area contributed by atoms with Gasteiger partial charge in [-0.3, -0.25) is 9.78 Å². The number of pyridine rings is 2. The molecule has 9 heteroatoms. The Hall–Kier alpha value is -3.07. The van der Waals surface area contributed by atoms with E-state index in [-0.39, 0.29) is 24.2 Å². The number of aromatic nitrogens is 2. The third kappa shape index (κ3) is 6.14. The lowest BCUT2D eigenvalue weighted by Gasteiger charge is -2.30. The van der Waals surface area contributed by atoms with Crippen LogP contribution in [0.15, 0.2) is 65.7 Å². The predicted molar refractivity (Wildman–Crippen MR) is 129 cm³/mol. The standard InChI is InChI=1S/C26H25BrF2N2O4/c1-2-33-25(32)24(16-10-12-30-13-11-16)23(18-7-9-22(27)31-15-18)17-6-8-20(35-26(28)29)21(14-17)34-19-4-3-5-19/h6-15,19,23-24,26H,2-5H2,1H3. The highest BCUT2D eigenvalue weighted by Crippen LogP contribution is 2.43. The molecule has 1 fully saturated rings. The average molecular weight is 547 g/mol. The summed E-state index contributed by atoms with van der Waals surface area (Å²) in [5, 5.41) is 0. The summed E-state index contributed by atoms with van der Waals surface area (Å²) < 4.78 is 43.0. The molecule has 2 aromatic heterocycles. The fraction of sp³-hybridized carbons (Fsp3) is 0.346. The van der Waals surface area contributed by atoms with Crippen molar-refractivity contribution in [3.63, 3.8) is 0 Å². The van der Waals surface area contributed by atoms with Crippen molar-refractivity contribution in [2.75, 3.05) is 6.61 Å². The minimum absolute atomic E-state index is 0.0417. The predicted octanol–water partition coefficient (Wildman–Crippen LogP) is 6.25. The number of ether oxygens (including phenoxy) is 3. The fourth-order valence-electron chi connectivity index (χ4n) is 4.09. The van der Waals surface area contributed by atoms with E-state index in [0.29, 0.717) is 15.7 Å². The molecule has 0 N–H and O–H groups in total. The number of rotatable bonds is 10. The second kappa shape index (κ2) is 11.6. The molecule has 6 nitrogen and oxygen atoms in total. The van der Waals surface area contributed by atoms with Crippen molar-refractivity contribution in [1.29, 1.82) is 0 Å². The first kappa shape index (κ1) is 25.0. The monoisotopic (exact) mass is 546 g/mol. The van der Waals surface area contributed by atoms with E-state index in [9.17, 15) is 13.6 Å². The van der Waals surface area contributed by atoms with E-state index in [1.165, 1.54) is 6.07 Å². The summed E-state index contributed by atoms with van der Waals surface area (Å²) in [6, 6.07) is 12.0. The number of alkyl halides is 2. The Labute approximate surface area is 210 Å². The molecule has 2 heterocycles. The van der Waals surface area contributed by atoms with Crippen molar-refractivity contribution in [1.82, 2.24) is 9.97 Å². The Morgan fingerprint density at radius 2 is 1.80 bits per heavy atom. The van der Waals surface area contributed by atoms with Gasteiger partial charge in [0.05, 0.1) is 18.6 Å². The normalized spacial score (nSPS) is 15.2. The average Bonchev–Trinajstić information content (AvgIpc) is 2.82. The zero-order valence-electron chi connectivity index (χ0n) is 19.1. The van der Waals surface area contributed by atoms with Gasteiger partial charge in [-0.1, -0.05) is 12.1 Å². The maximum absolute atomic E-state index is 13.3. The number of halogens is 3. The molecule has 0 amide bonds. The van der Waals surface area contributed by atoms with E-state index in [2.05, 4.69) is 25.9 Å². The molecule has 2 unspecified atom stereocenters. The van der Waals surface area contributed by atoms with Crippen LogP contribution >= 0.6 is 15.9 Å². The minimum Gasteiger partial charge on any atom is -0.487 e. The second-order valence-electron chi connectivity index (χ2n) is 8.16. The highest BCUT2D eigenvalue weighted by atomic mass is 79.9. The van der Waals surface area contributed by atoms with Gasteiger partial charge in [0.15, 0.2) is 11.5 Å². The van der Waals surface area contributed by atoms with Crippen molar-refractivity contribution in [2.45, 2.75) is 50.7 Å². The van der Waals surface area contributed by atoms with E-state index in [1.807, 2.05) is 6.07 Å². The molecule has 0 spiro atoms. The smallest absolute Gasteiger partial charge is 0.387 e. The van der Waals surface area contributed by atoms with Gasteiger partial charge in [0, 0.05) is 24.5 Å². The van der Waals surface area contributed by atoms with E-state index < -0.39 is 24.4 Å². The Morgan fingerprint density at radius 1 is 1.06 bits per heavy atom. The van der Waals surface area contributed by atoms with Crippen LogP contribution in [0.25, 0.3) is 0 Å². The lowest BCUT2D eigenvalue weighted by Crippen LogP contribution is -2.26. The molecular formula is C26H25BrF2N2O4. The first-order valence-electron chi connectivity index (χ1n) is 11.4. The molecule has 1 aromatic carbocycles. The van der Waals surface area contributed by atoms with Crippen molar-refractivity contribution in [3.8, 4) is 11.5 Å². The summed E-state index contributed by atoms with van der Waals surface area (Å²) >= 11 is 3.35. The van der Waals surface area contributed by atoms with Crippen LogP contribution in [0.2, 0.25) is 0 Å². The van der Waals surface area contributed by atoms with Crippen LogP contribution in [0, 0.1) is 0 Å². The zero-order chi connectivity index (χ0) is 24.8. The molecular weight excluding hydrogens is 522 g/mol. The van der Waals surface area contributed by atoms with Crippen molar-refractivity contribution < 1.29 is 27.8 Å². The Balaban J connectivity index is 1.85. The topological polar surface area (TPSA) is 70.5 Å². The Morgan fingerprint density at radius 3 is 2.40 bits per heavy atom. The highest BCUT2D eigenvalue weighted by Gasteiger charge is 2.35. The molecule has 1 saturated carbocycles. The molecule has 1 aliphatic carbocycles. The van der Waals surface area contributed by atoms with Gasteiger partial charge in [-0.15, -0.1) is 0 Å². The second-order valence-corrected chi connectivity index (χ2v) is 8.97. The largest absolute Gasteiger partial charge is 0.487 e. The number of carbonyl (C=O) groups excluding carboxylic acids is 1. The molecule has 0 saturated heterocycles. The fourth-order valence-corrected chi connectivity index (χ4v) is 4.32. The summed E-state index contributed by atoms with van der Waals surface area (Å²) in [7, 11) is 0. The van der Waals surface area contributed by atoms with E-state index in [0.717, 1.165) is 24.8 Å². The van der Waals surface area contributed by atoms with Crippen LogP contribution < -0.4 is 9.47 Å². The molecule has 0 aliphatic heterocycles. The molecule has 1 aliphatic rings. The Bertz CT molecular complexity index is 1130. The molecule has 2 atom stereocenters. The first-order valence-corrected chi connectivity index (χ1v) is 12.2. The molecule has 0 bridgehead atoms. The van der Waals surface area contributed by atoms with Crippen LogP contribution in [0.4, 0.5) is 8.78 Å². The number of hydrogen-bond donors (Lipinski definition) is 0. The lowest BCUT2D eigenvalue weighted by atomic mass is 9.77. The van der Waals surface area contributed by atoms with Gasteiger partial charge < -0.3 is 14.2 Å². The van der Waals surface area contributed by atoms with Crippen LogP contribution in [0.1, 0.15) is 54.7 Å². The van der Waals surface area contributed by atoms with Crippen LogP contribution in [-0.2, 0) is 9.53 Å². The van der Waals surface area contributed by atoms with Gasteiger partial charge in [0.2, 0.25) is 0 Å². The molecule has 3 aromatic rings. The maximum Gasteiger partial charge on any atom is 0.387 e. The number of carbonyl (C=O) groups is 1. The zero-order valence-corrected chi connectivity index (χ0v) is 20.7. The summed E-state index contributed by atoms with van der Waals surface area (Å²) in [5.41, 5.74) is 2.14. The SMILES string of the molecule is CCOC(=O)C(c1ccncc1)C(c1ccc(Br)nc1)c1ccc(OC(F)F)c(OC2CCC2)c1. The van der Waals surface area contributed by atoms with E-state index in [1.54, 1.807) is 55.8 Å².